The highest BCUT2D eigenvalue weighted by atomic mass is 16.5. The maximum Gasteiger partial charge on any atom is 0.244 e. The maximum atomic E-state index is 12.0. The lowest BCUT2D eigenvalue weighted by Gasteiger charge is -2.12. The minimum atomic E-state index is -0.177. The molecule has 0 fully saturated rings. The summed E-state index contributed by atoms with van der Waals surface area (Å²) in [5.74, 6) is 2.25. The van der Waals surface area contributed by atoms with Crippen LogP contribution in [-0.4, -0.2) is 40.4 Å². The molecule has 0 aliphatic heterocycles. The minimum absolute atomic E-state index is 0.177. The second-order valence-electron chi connectivity index (χ2n) is 6.10. The van der Waals surface area contributed by atoms with E-state index in [4.69, 9.17) is 18.9 Å². The van der Waals surface area contributed by atoms with Crippen LogP contribution in [0.2, 0.25) is 0 Å². The normalized spacial score (nSPS) is 10.6. The fraction of sp³-hybridized carbons (Fsp3) is 0.318. The van der Waals surface area contributed by atoms with Gasteiger partial charge in [-0.05, 0) is 54.8 Å². The first-order chi connectivity index (χ1) is 13.6. The Balaban J connectivity index is 1.81. The number of hydrogen-bond donors (Lipinski definition) is 1. The first kappa shape index (κ1) is 21.2. The zero-order valence-electron chi connectivity index (χ0n) is 16.8. The molecule has 0 atom stereocenters. The van der Waals surface area contributed by atoms with Gasteiger partial charge in [0.05, 0.1) is 27.9 Å². The Hall–Kier alpha value is -3.15. The van der Waals surface area contributed by atoms with Crippen molar-refractivity contribution < 1.29 is 23.7 Å². The van der Waals surface area contributed by atoms with Crippen molar-refractivity contribution in [1.82, 2.24) is 5.32 Å². The maximum absolute atomic E-state index is 12.0. The van der Waals surface area contributed by atoms with Gasteiger partial charge in [-0.3, -0.25) is 4.79 Å². The molecule has 0 radical (unpaired) electrons. The van der Waals surface area contributed by atoms with E-state index in [-0.39, 0.29) is 5.91 Å². The van der Waals surface area contributed by atoms with Crippen LogP contribution in [0, 0.1) is 6.92 Å². The van der Waals surface area contributed by atoms with E-state index in [0.29, 0.717) is 30.4 Å². The Morgan fingerprint density at radius 1 is 1.04 bits per heavy atom. The third-order valence-corrected chi connectivity index (χ3v) is 3.99. The molecule has 0 bridgehead atoms. The molecule has 0 aliphatic rings. The molecule has 0 heterocycles. The van der Waals surface area contributed by atoms with Crippen LogP contribution in [0.3, 0.4) is 0 Å². The van der Waals surface area contributed by atoms with Crippen LogP contribution in [0.25, 0.3) is 6.08 Å². The molecule has 0 saturated carbocycles. The van der Waals surface area contributed by atoms with E-state index in [1.54, 1.807) is 39.5 Å². The van der Waals surface area contributed by atoms with E-state index in [9.17, 15) is 4.79 Å². The highest BCUT2D eigenvalue weighted by Crippen LogP contribution is 2.38. The number of carbonyl (C=O) groups excluding carboxylic acids is 1. The Bertz CT molecular complexity index is 791. The van der Waals surface area contributed by atoms with Gasteiger partial charge in [0.2, 0.25) is 11.7 Å². The molecule has 2 aromatic carbocycles. The quantitative estimate of drug-likeness (QED) is 0.500. The van der Waals surface area contributed by atoms with Gasteiger partial charge in [0, 0.05) is 12.6 Å². The molecule has 150 valence electrons. The molecule has 6 heteroatoms. The second-order valence-corrected chi connectivity index (χ2v) is 6.10. The Morgan fingerprint density at radius 2 is 1.75 bits per heavy atom. The first-order valence-electron chi connectivity index (χ1n) is 9.02. The topological polar surface area (TPSA) is 66.0 Å². The van der Waals surface area contributed by atoms with Crippen LogP contribution in [-0.2, 0) is 4.79 Å². The van der Waals surface area contributed by atoms with Gasteiger partial charge in [-0.1, -0.05) is 12.1 Å². The summed E-state index contributed by atoms with van der Waals surface area (Å²) in [5.41, 5.74) is 1.93. The van der Waals surface area contributed by atoms with E-state index >= 15 is 0 Å². The van der Waals surface area contributed by atoms with Crippen LogP contribution < -0.4 is 24.3 Å². The Morgan fingerprint density at radius 3 is 2.36 bits per heavy atom. The Kier molecular flexibility index (Phi) is 8.21. The molecule has 0 saturated heterocycles. The van der Waals surface area contributed by atoms with E-state index in [1.165, 1.54) is 6.08 Å². The highest BCUT2D eigenvalue weighted by molar-refractivity contribution is 5.91. The van der Waals surface area contributed by atoms with E-state index in [1.807, 2.05) is 31.2 Å². The van der Waals surface area contributed by atoms with Crippen molar-refractivity contribution in [2.24, 2.45) is 0 Å². The van der Waals surface area contributed by atoms with Crippen LogP contribution in [0.4, 0.5) is 0 Å². The largest absolute Gasteiger partial charge is 0.494 e. The van der Waals surface area contributed by atoms with Crippen molar-refractivity contribution in [3.8, 4) is 23.0 Å². The van der Waals surface area contributed by atoms with Gasteiger partial charge < -0.3 is 24.3 Å². The van der Waals surface area contributed by atoms with Gasteiger partial charge in [-0.2, -0.15) is 0 Å². The zero-order valence-corrected chi connectivity index (χ0v) is 16.8. The van der Waals surface area contributed by atoms with Gasteiger partial charge >= 0.3 is 0 Å². The number of methoxy groups -OCH3 is 3. The van der Waals surface area contributed by atoms with Crippen LogP contribution in [0.15, 0.2) is 42.5 Å². The highest BCUT2D eigenvalue weighted by Gasteiger charge is 2.12. The summed E-state index contributed by atoms with van der Waals surface area (Å²) in [4.78, 5) is 12.0. The fourth-order valence-electron chi connectivity index (χ4n) is 2.61. The van der Waals surface area contributed by atoms with Crippen molar-refractivity contribution in [3.63, 3.8) is 0 Å². The van der Waals surface area contributed by atoms with Crippen molar-refractivity contribution in [3.05, 3.63) is 53.6 Å². The average Bonchev–Trinajstić information content (AvgIpc) is 2.71. The Labute approximate surface area is 166 Å². The summed E-state index contributed by atoms with van der Waals surface area (Å²) < 4.78 is 21.6. The van der Waals surface area contributed by atoms with Crippen molar-refractivity contribution in [2.75, 3.05) is 34.5 Å². The summed E-state index contributed by atoms with van der Waals surface area (Å²) in [7, 11) is 4.65. The van der Waals surface area contributed by atoms with Crippen molar-refractivity contribution in [2.45, 2.75) is 13.3 Å². The van der Waals surface area contributed by atoms with Gasteiger partial charge in [0.15, 0.2) is 11.5 Å². The minimum Gasteiger partial charge on any atom is -0.494 e. The number of ether oxygens (including phenoxy) is 4. The van der Waals surface area contributed by atoms with Gasteiger partial charge in [-0.25, -0.2) is 0 Å². The third kappa shape index (κ3) is 6.23. The van der Waals surface area contributed by atoms with Gasteiger partial charge in [0.25, 0.3) is 0 Å². The summed E-state index contributed by atoms with van der Waals surface area (Å²) in [5, 5.41) is 2.84. The fourth-order valence-corrected chi connectivity index (χ4v) is 2.61. The lowest BCUT2D eigenvalue weighted by molar-refractivity contribution is -0.116. The van der Waals surface area contributed by atoms with Crippen molar-refractivity contribution >= 4 is 12.0 Å². The second kappa shape index (κ2) is 10.9. The summed E-state index contributed by atoms with van der Waals surface area (Å²) in [6.07, 6.45) is 3.89. The monoisotopic (exact) mass is 385 g/mol. The summed E-state index contributed by atoms with van der Waals surface area (Å²) in [6.45, 7) is 3.10. The van der Waals surface area contributed by atoms with Gasteiger partial charge in [0.1, 0.15) is 5.75 Å². The molecule has 28 heavy (non-hydrogen) atoms. The molecule has 0 unspecified atom stereocenters. The number of amides is 1. The third-order valence-electron chi connectivity index (χ3n) is 3.99. The number of aryl methyl sites for hydroxylation is 1. The molecule has 6 nitrogen and oxygen atoms in total. The standard InChI is InChI=1S/C22H27NO5/c1-16-7-5-8-18(13-16)28-12-6-11-23-21(24)10-9-17-14-19(25-2)22(27-4)20(15-17)26-3/h5,7-10,13-15H,6,11-12H2,1-4H3,(H,23,24)/b10-9+. The first-order valence-corrected chi connectivity index (χ1v) is 9.02. The molecule has 0 aliphatic carbocycles. The lowest BCUT2D eigenvalue weighted by atomic mass is 10.1. The molecular formula is C22H27NO5. The summed E-state index contributed by atoms with van der Waals surface area (Å²) >= 11 is 0. The molecule has 2 rings (SSSR count). The zero-order chi connectivity index (χ0) is 20.4. The van der Waals surface area contributed by atoms with Crippen LogP contribution in [0.1, 0.15) is 17.5 Å². The molecule has 0 aromatic heterocycles. The number of nitrogens with one attached hydrogen (secondary N) is 1. The molecule has 1 amide bonds. The van der Waals surface area contributed by atoms with E-state index in [0.717, 1.165) is 23.3 Å². The smallest absolute Gasteiger partial charge is 0.244 e. The average molecular weight is 385 g/mol. The SMILES string of the molecule is COc1cc(/C=C/C(=O)NCCCOc2cccc(C)c2)cc(OC)c1OC. The predicted molar refractivity (Wildman–Crippen MR) is 109 cm³/mol. The molecule has 1 N–H and O–H groups in total. The number of benzene rings is 2. The molecule has 2 aromatic rings. The van der Waals surface area contributed by atoms with Crippen LogP contribution >= 0.6 is 0 Å². The van der Waals surface area contributed by atoms with E-state index in [2.05, 4.69) is 5.32 Å². The predicted octanol–water partition coefficient (Wildman–Crippen LogP) is 3.62. The van der Waals surface area contributed by atoms with Gasteiger partial charge in [-0.15, -0.1) is 0 Å². The summed E-state index contributed by atoms with van der Waals surface area (Å²) in [6, 6.07) is 11.4. The number of carbonyl (C=O) groups is 1. The van der Waals surface area contributed by atoms with Crippen LogP contribution in [0.5, 0.6) is 23.0 Å². The van der Waals surface area contributed by atoms with Crippen molar-refractivity contribution in [1.29, 1.82) is 0 Å². The molecule has 0 spiro atoms. The molecular weight excluding hydrogens is 358 g/mol. The van der Waals surface area contributed by atoms with E-state index < -0.39 is 0 Å². The lowest BCUT2D eigenvalue weighted by Crippen LogP contribution is -2.23. The number of hydrogen-bond acceptors (Lipinski definition) is 5. The number of rotatable bonds is 10.